The van der Waals surface area contributed by atoms with E-state index in [-0.39, 0.29) is 29.3 Å². The van der Waals surface area contributed by atoms with Crippen LogP contribution in [0.4, 0.5) is 0 Å². The standard InChI is InChI=1S/C16H30N2O3/c1-6-21-15(20)8-13-7-14(17-11-16(3,4)5)10-18(9-13)12(2)19/h13-14,17H,6-11H2,1-5H3. The lowest BCUT2D eigenvalue weighted by molar-refractivity contribution is -0.145. The summed E-state index contributed by atoms with van der Waals surface area (Å²) in [6.07, 6.45) is 1.31. The fraction of sp³-hybridized carbons (Fsp3) is 0.875. The molecule has 1 amide bonds. The van der Waals surface area contributed by atoms with Crippen molar-refractivity contribution in [2.24, 2.45) is 11.3 Å². The quantitative estimate of drug-likeness (QED) is 0.787. The van der Waals surface area contributed by atoms with E-state index in [2.05, 4.69) is 26.1 Å². The molecule has 1 aliphatic rings. The third-order valence-electron chi connectivity index (χ3n) is 3.66. The van der Waals surface area contributed by atoms with Crippen LogP contribution in [0.3, 0.4) is 0 Å². The lowest BCUT2D eigenvalue weighted by atomic mass is 9.90. The molecule has 0 saturated carbocycles. The topological polar surface area (TPSA) is 58.6 Å². The van der Waals surface area contributed by atoms with Crippen molar-refractivity contribution in [3.8, 4) is 0 Å². The number of piperidine rings is 1. The van der Waals surface area contributed by atoms with Crippen molar-refractivity contribution in [2.45, 2.75) is 53.5 Å². The minimum Gasteiger partial charge on any atom is -0.466 e. The van der Waals surface area contributed by atoms with Gasteiger partial charge in [0.05, 0.1) is 13.0 Å². The summed E-state index contributed by atoms with van der Waals surface area (Å²) in [6.45, 7) is 12.6. The van der Waals surface area contributed by atoms with Gasteiger partial charge in [0.2, 0.25) is 5.91 Å². The lowest BCUT2D eigenvalue weighted by Gasteiger charge is -2.38. The van der Waals surface area contributed by atoms with Crippen LogP contribution < -0.4 is 5.32 Å². The highest BCUT2D eigenvalue weighted by atomic mass is 16.5. The first-order valence-electron chi connectivity index (χ1n) is 7.85. The van der Waals surface area contributed by atoms with Crippen LogP contribution in [0, 0.1) is 11.3 Å². The number of hydrogen-bond acceptors (Lipinski definition) is 4. The van der Waals surface area contributed by atoms with Crippen LogP contribution in [0.2, 0.25) is 0 Å². The molecular weight excluding hydrogens is 268 g/mol. The van der Waals surface area contributed by atoms with E-state index in [4.69, 9.17) is 4.74 Å². The van der Waals surface area contributed by atoms with Gasteiger partial charge < -0.3 is 15.0 Å². The maximum Gasteiger partial charge on any atom is 0.306 e. The molecule has 0 bridgehead atoms. The number of nitrogens with zero attached hydrogens (tertiary/aromatic N) is 1. The van der Waals surface area contributed by atoms with Crippen LogP contribution >= 0.6 is 0 Å². The molecule has 1 rings (SSSR count). The minimum atomic E-state index is -0.164. The molecule has 1 saturated heterocycles. The van der Waals surface area contributed by atoms with Gasteiger partial charge in [-0.25, -0.2) is 0 Å². The molecule has 0 radical (unpaired) electrons. The third-order valence-corrected chi connectivity index (χ3v) is 3.66. The average Bonchev–Trinajstić information content (AvgIpc) is 2.35. The smallest absolute Gasteiger partial charge is 0.306 e. The number of carbonyl (C=O) groups is 2. The zero-order valence-corrected chi connectivity index (χ0v) is 14.1. The maximum atomic E-state index is 11.7. The Morgan fingerprint density at radius 3 is 2.48 bits per heavy atom. The van der Waals surface area contributed by atoms with Crippen molar-refractivity contribution >= 4 is 11.9 Å². The predicted molar refractivity (Wildman–Crippen MR) is 82.9 cm³/mol. The van der Waals surface area contributed by atoms with Gasteiger partial charge in [0, 0.05) is 32.6 Å². The Balaban J connectivity index is 2.59. The van der Waals surface area contributed by atoms with Gasteiger partial charge in [-0.15, -0.1) is 0 Å². The van der Waals surface area contributed by atoms with Crippen LogP contribution in [0.15, 0.2) is 0 Å². The van der Waals surface area contributed by atoms with Crippen molar-refractivity contribution < 1.29 is 14.3 Å². The molecule has 21 heavy (non-hydrogen) atoms. The number of amides is 1. The Morgan fingerprint density at radius 1 is 1.29 bits per heavy atom. The van der Waals surface area contributed by atoms with Crippen molar-refractivity contribution in [1.82, 2.24) is 10.2 Å². The Bertz CT molecular complexity index is 363. The summed E-state index contributed by atoms with van der Waals surface area (Å²) in [5.41, 5.74) is 0.204. The molecule has 122 valence electrons. The van der Waals surface area contributed by atoms with E-state index in [9.17, 15) is 9.59 Å². The van der Waals surface area contributed by atoms with Crippen LogP contribution in [0.1, 0.15) is 47.5 Å². The second-order valence-electron chi connectivity index (χ2n) is 7.17. The molecule has 0 spiro atoms. The van der Waals surface area contributed by atoms with E-state index in [0.29, 0.717) is 19.6 Å². The van der Waals surface area contributed by atoms with Gasteiger partial charge in [-0.2, -0.15) is 0 Å². The number of hydrogen-bond donors (Lipinski definition) is 1. The zero-order chi connectivity index (χ0) is 16.0. The first kappa shape index (κ1) is 18.0. The normalized spacial score (nSPS) is 23.0. The Hall–Kier alpha value is -1.10. The van der Waals surface area contributed by atoms with Crippen molar-refractivity contribution in [1.29, 1.82) is 0 Å². The predicted octanol–water partition coefficient (Wildman–Crippen LogP) is 1.81. The van der Waals surface area contributed by atoms with Gasteiger partial charge in [0.25, 0.3) is 0 Å². The summed E-state index contributed by atoms with van der Waals surface area (Å²) in [6, 6.07) is 0.251. The van der Waals surface area contributed by atoms with E-state index in [1.165, 1.54) is 0 Å². The van der Waals surface area contributed by atoms with Crippen molar-refractivity contribution in [2.75, 3.05) is 26.2 Å². The second kappa shape index (κ2) is 7.78. The summed E-state index contributed by atoms with van der Waals surface area (Å²) in [7, 11) is 0. The number of likely N-dealkylation sites (tertiary alicyclic amines) is 1. The molecule has 0 aliphatic carbocycles. The van der Waals surface area contributed by atoms with Crippen LogP contribution in [-0.2, 0) is 14.3 Å². The molecule has 1 fully saturated rings. The first-order chi connectivity index (χ1) is 9.71. The van der Waals surface area contributed by atoms with E-state index in [0.717, 1.165) is 19.5 Å². The molecule has 2 unspecified atom stereocenters. The van der Waals surface area contributed by atoms with Crippen LogP contribution in [0.5, 0.6) is 0 Å². The second-order valence-corrected chi connectivity index (χ2v) is 7.17. The highest BCUT2D eigenvalue weighted by molar-refractivity contribution is 5.74. The van der Waals surface area contributed by atoms with Gasteiger partial charge in [-0.3, -0.25) is 9.59 Å². The van der Waals surface area contributed by atoms with Gasteiger partial charge in [-0.05, 0) is 24.7 Å². The van der Waals surface area contributed by atoms with E-state index >= 15 is 0 Å². The molecule has 2 atom stereocenters. The molecule has 0 aromatic heterocycles. The fourth-order valence-corrected chi connectivity index (χ4v) is 2.66. The molecule has 5 nitrogen and oxygen atoms in total. The van der Waals surface area contributed by atoms with Crippen molar-refractivity contribution in [3.63, 3.8) is 0 Å². The van der Waals surface area contributed by atoms with E-state index in [1.807, 2.05) is 11.8 Å². The average molecular weight is 298 g/mol. The number of esters is 1. The van der Waals surface area contributed by atoms with E-state index in [1.54, 1.807) is 6.92 Å². The van der Waals surface area contributed by atoms with Gasteiger partial charge in [0.1, 0.15) is 0 Å². The molecule has 1 N–H and O–H groups in total. The summed E-state index contributed by atoms with van der Waals surface area (Å²) in [4.78, 5) is 25.2. The monoisotopic (exact) mass is 298 g/mol. The van der Waals surface area contributed by atoms with Gasteiger partial charge in [0.15, 0.2) is 0 Å². The minimum absolute atomic E-state index is 0.0751. The summed E-state index contributed by atoms with van der Waals surface area (Å²) < 4.78 is 5.03. The molecule has 1 heterocycles. The first-order valence-corrected chi connectivity index (χ1v) is 7.85. The fourth-order valence-electron chi connectivity index (χ4n) is 2.66. The molecule has 1 aliphatic heterocycles. The number of nitrogens with one attached hydrogen (secondary N) is 1. The lowest BCUT2D eigenvalue weighted by Crippen LogP contribution is -2.52. The Kier molecular flexibility index (Phi) is 6.65. The number of carbonyl (C=O) groups excluding carboxylic acids is 2. The largest absolute Gasteiger partial charge is 0.466 e. The number of ether oxygens (including phenoxy) is 1. The van der Waals surface area contributed by atoms with Crippen molar-refractivity contribution in [3.05, 3.63) is 0 Å². The number of rotatable bonds is 5. The maximum absolute atomic E-state index is 11.7. The molecule has 0 aromatic carbocycles. The van der Waals surface area contributed by atoms with E-state index < -0.39 is 0 Å². The summed E-state index contributed by atoms with van der Waals surface area (Å²) in [5.74, 6) is 0.0905. The highest BCUT2D eigenvalue weighted by Crippen LogP contribution is 2.22. The SMILES string of the molecule is CCOC(=O)CC1CC(NCC(C)(C)C)CN(C(C)=O)C1. The molecular formula is C16H30N2O3. The molecule has 0 aromatic rings. The summed E-state index contributed by atoms with van der Waals surface area (Å²) in [5, 5.41) is 3.54. The Labute approximate surface area is 128 Å². The van der Waals surface area contributed by atoms with Crippen LogP contribution in [0.25, 0.3) is 0 Å². The zero-order valence-electron chi connectivity index (χ0n) is 14.1. The third kappa shape index (κ3) is 6.93. The highest BCUT2D eigenvalue weighted by Gasteiger charge is 2.30. The Morgan fingerprint density at radius 2 is 1.95 bits per heavy atom. The van der Waals surface area contributed by atoms with Crippen LogP contribution in [-0.4, -0.2) is 49.1 Å². The summed E-state index contributed by atoms with van der Waals surface area (Å²) >= 11 is 0. The molecule has 5 heteroatoms. The van der Waals surface area contributed by atoms with Gasteiger partial charge >= 0.3 is 5.97 Å². The van der Waals surface area contributed by atoms with Gasteiger partial charge in [-0.1, -0.05) is 20.8 Å².